The molecule has 0 aliphatic carbocycles. The maximum absolute atomic E-state index is 13.2. The first kappa shape index (κ1) is 16.6. The summed E-state index contributed by atoms with van der Waals surface area (Å²) in [6, 6.07) is 24.6. The predicted molar refractivity (Wildman–Crippen MR) is 100 cm³/mol. The number of rotatable bonds is 4. The molecule has 0 amide bonds. The van der Waals surface area contributed by atoms with Gasteiger partial charge >= 0.3 is 0 Å². The summed E-state index contributed by atoms with van der Waals surface area (Å²) in [6.45, 7) is 4.58. The summed E-state index contributed by atoms with van der Waals surface area (Å²) >= 11 is 0. The van der Waals surface area contributed by atoms with Gasteiger partial charge in [0.25, 0.3) is 0 Å². The van der Waals surface area contributed by atoms with E-state index >= 15 is 0 Å². The Labute approximate surface area is 143 Å². The quantitative estimate of drug-likeness (QED) is 0.720. The molecule has 0 bridgehead atoms. The van der Waals surface area contributed by atoms with Gasteiger partial charge in [0.15, 0.2) is 0 Å². The summed E-state index contributed by atoms with van der Waals surface area (Å²) in [5.41, 5.74) is 1.62. The highest BCUT2D eigenvalue weighted by molar-refractivity contribution is 7.00. The first-order chi connectivity index (χ1) is 11.5. The molecule has 3 heteroatoms. The molecule has 1 nitrogen and oxygen atoms in total. The van der Waals surface area contributed by atoms with Crippen molar-refractivity contribution in [1.82, 2.24) is 0 Å². The Morgan fingerprint density at radius 3 is 2.04 bits per heavy atom. The van der Waals surface area contributed by atoms with Gasteiger partial charge in [-0.15, -0.1) is 0 Å². The van der Waals surface area contributed by atoms with E-state index in [1.165, 1.54) is 22.5 Å². The second kappa shape index (κ2) is 6.71. The maximum atomic E-state index is 13.2. The van der Waals surface area contributed by atoms with E-state index in [0.717, 1.165) is 5.56 Å². The van der Waals surface area contributed by atoms with Crippen LogP contribution in [0, 0.1) is 5.82 Å². The van der Waals surface area contributed by atoms with Crippen molar-refractivity contribution < 1.29 is 9.50 Å². The fourth-order valence-corrected chi connectivity index (χ4v) is 5.93. The smallest absolute Gasteiger partial charge is 0.123 e. The lowest BCUT2D eigenvalue weighted by Gasteiger charge is -2.28. The minimum absolute atomic E-state index is 0.293. The summed E-state index contributed by atoms with van der Waals surface area (Å²) < 4.78 is 13.2. The van der Waals surface area contributed by atoms with Gasteiger partial charge in [-0.2, -0.15) is 0 Å². The van der Waals surface area contributed by atoms with E-state index in [1.54, 1.807) is 12.1 Å². The molecule has 3 rings (SSSR count). The minimum atomic E-state index is -1.94. The second-order valence-corrected chi connectivity index (χ2v) is 10.9. The lowest BCUT2D eigenvalue weighted by atomic mass is 10.0. The Bertz CT molecular complexity index is 813. The van der Waals surface area contributed by atoms with Crippen LogP contribution >= 0.6 is 0 Å². The van der Waals surface area contributed by atoms with Crippen LogP contribution in [0.3, 0.4) is 0 Å². The topological polar surface area (TPSA) is 20.2 Å². The van der Waals surface area contributed by atoms with Crippen LogP contribution < -0.4 is 10.4 Å². The standard InChI is InChI=1S/C21H21FOSi/c1-24(2,18-8-4-3-5-9-18)20-11-7-6-10-19(20)21(23)16-12-14-17(22)15-13-16/h3-15,21,23H,1-2H3/t21-/m0/s1. The van der Waals surface area contributed by atoms with Crippen LogP contribution in [-0.4, -0.2) is 13.2 Å². The first-order valence-corrected chi connectivity index (χ1v) is 11.1. The number of aliphatic hydroxyl groups is 1. The molecule has 0 saturated heterocycles. The van der Waals surface area contributed by atoms with Crippen molar-refractivity contribution >= 4 is 18.4 Å². The normalized spacial score (nSPS) is 12.8. The zero-order chi connectivity index (χ0) is 17.2. The maximum Gasteiger partial charge on any atom is 0.123 e. The zero-order valence-corrected chi connectivity index (χ0v) is 14.9. The van der Waals surface area contributed by atoms with Crippen molar-refractivity contribution in [1.29, 1.82) is 0 Å². The molecule has 0 aliphatic heterocycles. The van der Waals surface area contributed by atoms with E-state index < -0.39 is 14.2 Å². The largest absolute Gasteiger partial charge is 0.384 e. The molecule has 0 spiro atoms. The van der Waals surface area contributed by atoms with E-state index in [2.05, 4.69) is 43.4 Å². The Hall–Kier alpha value is -2.23. The van der Waals surface area contributed by atoms with E-state index in [1.807, 2.05) is 24.3 Å². The zero-order valence-electron chi connectivity index (χ0n) is 13.9. The van der Waals surface area contributed by atoms with Crippen molar-refractivity contribution in [3.63, 3.8) is 0 Å². The highest BCUT2D eigenvalue weighted by atomic mass is 28.3. The molecule has 0 aliphatic rings. The van der Waals surface area contributed by atoms with Gasteiger partial charge in [0.2, 0.25) is 0 Å². The lowest BCUT2D eigenvalue weighted by Crippen LogP contribution is -2.54. The summed E-state index contributed by atoms with van der Waals surface area (Å²) in [4.78, 5) is 0. The second-order valence-electron chi connectivity index (χ2n) is 6.53. The Balaban J connectivity index is 2.06. The van der Waals surface area contributed by atoms with Crippen LogP contribution in [0.1, 0.15) is 17.2 Å². The van der Waals surface area contributed by atoms with Crippen LogP contribution in [0.5, 0.6) is 0 Å². The molecule has 0 aromatic heterocycles. The Kier molecular flexibility index (Phi) is 4.65. The molecule has 3 aromatic carbocycles. The fourth-order valence-electron chi connectivity index (χ4n) is 3.14. The van der Waals surface area contributed by atoms with E-state index in [-0.39, 0.29) is 5.82 Å². The van der Waals surface area contributed by atoms with Gasteiger partial charge in [-0.05, 0) is 28.4 Å². The summed E-state index contributed by atoms with van der Waals surface area (Å²) in [5, 5.41) is 13.4. The molecule has 122 valence electrons. The van der Waals surface area contributed by atoms with Gasteiger partial charge in [-0.25, -0.2) is 4.39 Å². The van der Waals surface area contributed by atoms with Crippen LogP contribution in [-0.2, 0) is 0 Å². The minimum Gasteiger partial charge on any atom is -0.384 e. The number of hydrogen-bond acceptors (Lipinski definition) is 1. The monoisotopic (exact) mass is 336 g/mol. The molecule has 3 aromatic rings. The van der Waals surface area contributed by atoms with Crippen LogP contribution in [0.2, 0.25) is 13.1 Å². The molecule has 24 heavy (non-hydrogen) atoms. The number of hydrogen-bond donors (Lipinski definition) is 1. The summed E-state index contributed by atoms with van der Waals surface area (Å²) in [6.07, 6.45) is -0.753. The molecule has 0 heterocycles. The van der Waals surface area contributed by atoms with E-state index in [9.17, 15) is 9.50 Å². The van der Waals surface area contributed by atoms with Crippen molar-refractivity contribution in [3.05, 3.63) is 95.8 Å². The number of benzene rings is 3. The van der Waals surface area contributed by atoms with Gasteiger partial charge in [0, 0.05) is 0 Å². The third-order valence-electron chi connectivity index (χ3n) is 4.61. The van der Waals surface area contributed by atoms with Crippen molar-refractivity contribution in [3.8, 4) is 0 Å². The average Bonchev–Trinajstić information content (AvgIpc) is 2.62. The first-order valence-electron chi connectivity index (χ1n) is 8.08. The summed E-state index contributed by atoms with van der Waals surface area (Å²) in [7, 11) is -1.94. The Morgan fingerprint density at radius 2 is 1.38 bits per heavy atom. The molecule has 1 N–H and O–H groups in total. The van der Waals surface area contributed by atoms with Crippen molar-refractivity contribution in [2.75, 3.05) is 0 Å². The summed E-state index contributed by atoms with van der Waals surface area (Å²) in [5.74, 6) is -0.293. The molecule has 1 atom stereocenters. The van der Waals surface area contributed by atoms with Gasteiger partial charge in [-0.1, -0.05) is 85.0 Å². The molecular weight excluding hydrogens is 315 g/mol. The third-order valence-corrected chi connectivity index (χ3v) is 8.19. The number of aliphatic hydroxyl groups excluding tert-OH is 1. The molecule has 0 saturated carbocycles. The SMILES string of the molecule is C[Si](C)(c1ccccc1)c1ccccc1[C@@H](O)c1ccc(F)cc1. The van der Waals surface area contributed by atoms with Gasteiger partial charge in [0.05, 0.1) is 0 Å². The predicted octanol–water partition coefficient (Wildman–Crippen LogP) is 3.73. The van der Waals surface area contributed by atoms with Crippen LogP contribution in [0.4, 0.5) is 4.39 Å². The lowest BCUT2D eigenvalue weighted by molar-refractivity contribution is 0.221. The highest BCUT2D eigenvalue weighted by Gasteiger charge is 2.30. The number of halogens is 1. The van der Waals surface area contributed by atoms with Crippen LogP contribution in [0.15, 0.2) is 78.9 Å². The highest BCUT2D eigenvalue weighted by Crippen LogP contribution is 2.23. The molecular formula is C21H21FOSi. The van der Waals surface area contributed by atoms with Crippen molar-refractivity contribution in [2.45, 2.75) is 19.2 Å². The van der Waals surface area contributed by atoms with E-state index in [4.69, 9.17) is 0 Å². The van der Waals surface area contributed by atoms with Gasteiger partial charge < -0.3 is 5.11 Å². The van der Waals surface area contributed by atoms with Gasteiger partial charge in [0.1, 0.15) is 20.0 Å². The Morgan fingerprint density at radius 1 is 0.792 bits per heavy atom. The average molecular weight is 336 g/mol. The molecule has 0 fully saturated rings. The van der Waals surface area contributed by atoms with Crippen molar-refractivity contribution in [2.24, 2.45) is 0 Å². The molecule has 0 radical (unpaired) electrons. The molecule has 0 unspecified atom stereocenters. The van der Waals surface area contributed by atoms with E-state index in [0.29, 0.717) is 5.56 Å². The third kappa shape index (κ3) is 3.18. The van der Waals surface area contributed by atoms with Crippen LogP contribution in [0.25, 0.3) is 0 Å². The van der Waals surface area contributed by atoms with Gasteiger partial charge in [-0.3, -0.25) is 0 Å². The fraction of sp³-hybridized carbons (Fsp3) is 0.143.